The number of anilines is 1. The summed E-state index contributed by atoms with van der Waals surface area (Å²) in [4.78, 5) is 64.9. The van der Waals surface area contributed by atoms with Gasteiger partial charge in [0.1, 0.15) is 205 Å². The van der Waals surface area contributed by atoms with Crippen LogP contribution in [-0.2, 0) is 104 Å². The molecule has 141 heavy (non-hydrogen) atoms. The van der Waals surface area contributed by atoms with Crippen LogP contribution in [0.3, 0.4) is 0 Å². The molecule has 0 radical (unpaired) electrons. The Morgan fingerprint density at radius 2 is 0.915 bits per heavy atom. The van der Waals surface area contributed by atoms with Crippen molar-refractivity contribution in [1.29, 1.82) is 0 Å². The van der Waals surface area contributed by atoms with Gasteiger partial charge >= 0.3 is 0 Å². The summed E-state index contributed by atoms with van der Waals surface area (Å²) >= 11 is 0. The van der Waals surface area contributed by atoms with Crippen molar-refractivity contribution in [2.24, 2.45) is 5.10 Å². The molecule has 0 spiro atoms. The lowest BCUT2D eigenvalue weighted by Crippen LogP contribution is -2.69. The molecule has 26 rings (SSSR count). The van der Waals surface area contributed by atoms with Gasteiger partial charge in [0, 0.05) is 48.3 Å². The molecule has 1 aromatic heterocycles. The largest absolute Gasteiger partial charge is 0.493 e. The number of allylic oxidation sites excluding steroid dienone is 1. The van der Waals surface area contributed by atoms with Crippen molar-refractivity contribution in [3.63, 3.8) is 0 Å². The number of pyridine rings is 1. The van der Waals surface area contributed by atoms with Crippen molar-refractivity contribution in [2.75, 3.05) is 78.0 Å². The highest BCUT2D eigenvalue weighted by molar-refractivity contribution is 7.86. The van der Waals surface area contributed by atoms with E-state index < -0.39 is 294 Å². The number of hydroxylamine groups is 1. The second-order valence-corrected chi connectivity index (χ2v) is 36.3. The van der Waals surface area contributed by atoms with Crippen LogP contribution in [0.2, 0.25) is 0 Å². The second-order valence-electron chi connectivity index (χ2n) is 34.9. The van der Waals surface area contributed by atoms with Gasteiger partial charge in [-0.3, -0.25) is 34.0 Å². The number of amides is 3. The average molecular weight is 2030 g/mol. The number of fused-ring (bicyclic) bond motifs is 1. The van der Waals surface area contributed by atoms with E-state index in [-0.39, 0.29) is 73.9 Å². The number of carbonyl (C=O) groups excluding carboxylic acids is 4. The summed E-state index contributed by atoms with van der Waals surface area (Å²) < 4.78 is 134. The number of hydrogen-bond acceptors (Lipinski definition) is 47. The number of ketones is 1. The Labute approximate surface area is 805 Å². The molecule has 1 unspecified atom stereocenters. The van der Waals surface area contributed by atoms with Crippen molar-refractivity contribution in [1.82, 2.24) is 21.1 Å². The fourth-order valence-corrected chi connectivity index (χ4v) is 18.4. The lowest BCUT2D eigenvalue weighted by molar-refractivity contribution is -0.399. The number of aliphatic hydroxyl groups excluding tert-OH is 20. The minimum atomic E-state index is -4.68. The van der Waals surface area contributed by atoms with Crippen molar-refractivity contribution in [3.8, 4) is 17.2 Å². The average Bonchev–Trinajstić information content (AvgIpc) is 0.893. The van der Waals surface area contributed by atoms with Crippen LogP contribution in [0, 0.1) is 0 Å². The first kappa shape index (κ1) is 110. The number of unbranched alkanes of at least 4 members (excludes halogenated alkanes) is 3. The summed E-state index contributed by atoms with van der Waals surface area (Å²) in [6.45, 7) is -3.20. The Hall–Kier alpha value is -7.99. The van der Waals surface area contributed by atoms with Gasteiger partial charge in [0.2, 0.25) is 5.91 Å². The Kier molecular flexibility index (Phi) is 40.2. The molecule has 786 valence electrons. The third kappa shape index (κ3) is 26.7. The molecule has 51 nitrogen and oxygen atoms in total. The van der Waals surface area contributed by atoms with Gasteiger partial charge in [0.05, 0.1) is 77.8 Å². The number of benzene rings is 3. The molecule has 22 aliphatic rings. The molecule has 0 saturated carbocycles. The van der Waals surface area contributed by atoms with Crippen LogP contribution in [0.1, 0.15) is 102 Å². The van der Waals surface area contributed by atoms with Gasteiger partial charge in [-0.05, 0) is 112 Å². The van der Waals surface area contributed by atoms with Crippen LogP contribution in [-0.4, -0.2) is 443 Å². The fraction of sp³-hybridized carbons (Fsp3) is 0.663. The third-order valence-electron chi connectivity index (χ3n) is 25.3. The molecule has 14 bridgehead atoms. The molecule has 3 aromatic carbocycles. The molecule has 52 heteroatoms. The fourth-order valence-electron chi connectivity index (χ4n) is 17.7. The molecule has 4 aromatic rings. The molecule has 3 amide bonds. The predicted molar refractivity (Wildman–Crippen MR) is 469 cm³/mol. The molecule has 1 aliphatic carbocycles. The minimum Gasteiger partial charge on any atom is -0.493 e. The maximum absolute atomic E-state index is 15.0. The second kappa shape index (κ2) is 51.4. The van der Waals surface area contributed by atoms with Gasteiger partial charge in [-0.25, -0.2) is 10.5 Å². The molecule has 21 saturated heterocycles. The highest BCUT2D eigenvalue weighted by Crippen LogP contribution is 2.41. The van der Waals surface area contributed by atoms with Gasteiger partial charge in [0.25, 0.3) is 21.9 Å². The van der Waals surface area contributed by atoms with E-state index in [0.29, 0.717) is 37.6 Å². The molecular weight excluding hydrogens is 1910 g/mol. The smallest absolute Gasteiger partial charge is 0.295 e. The Bertz CT molecular complexity index is 4820. The summed E-state index contributed by atoms with van der Waals surface area (Å²) in [5.41, 5.74) is 7.28. The van der Waals surface area contributed by atoms with E-state index in [0.717, 1.165) is 73.0 Å². The summed E-state index contributed by atoms with van der Waals surface area (Å²) in [5, 5.41) is 238. The summed E-state index contributed by atoms with van der Waals surface area (Å²) in [5.74, 6) is -0.636. The number of aliphatic hydroxyl groups is 20. The monoisotopic (exact) mass is 2030 g/mol. The molecule has 36 atom stereocenters. The topological polar surface area (TPSA) is 767 Å². The van der Waals surface area contributed by atoms with Gasteiger partial charge in [0.15, 0.2) is 49.8 Å². The van der Waals surface area contributed by atoms with Crippen LogP contribution in [0.25, 0.3) is 0 Å². The van der Waals surface area contributed by atoms with Crippen LogP contribution >= 0.6 is 0 Å². The van der Waals surface area contributed by atoms with E-state index in [2.05, 4.69) is 38.2 Å². The standard InChI is InChI=1S/C89H124N6O45S/c1-2-13-46-44-17-11-19-48(103)45(44)23-24-49(46)125-28-9-3-8-27-123-42-15-10-16-43(30-42)124-29-12-21-59(104)90-26-7-6-18-47(93-81(118)41-22-25-58(91-31-41)94-92-32-40-14-4-5-20-57(40)141(120,121)122)82(119)95-140-80-72(117)89-132-56(39-102)79(80)139-88-71(116)65(110)77(54(37-100)131-88)137-86-69(114)63(108)75(52(35-98)129-86)135-84-67(112)61(106)73(50(33-96)127-84)133-83-66(111)60(105)74(51(34-97)126-83)134-85-68(113)62(107)76(53(36-99)128-85)136-87-70(115)64(109)78(138-89)55(38-101)130-87/h2,4-5,10,14-16,20,22-25,30-32,47,50-56,60-80,83-89,96-102,105-117H,1,3,6-9,11-13,17-19,21,26-29,33-39H2,(H,90,104)(H,91,94)(H,93,118)(H,95,119)(H,120,121,122)/b92-32+/t47?,50-,51-,52-,53-,54-,55-,56-,60-,61-,62-,63-,64-,65-,66-,67-,68-,69-,70-,71-,72-,73-,74-,75-,76-,77-,78-,79-,80-,83-,84-,85-,86-,87-,88-,89-/m1/s1. The maximum Gasteiger partial charge on any atom is 0.295 e. The summed E-state index contributed by atoms with van der Waals surface area (Å²) in [7, 11) is -4.68. The number of rotatable bonds is 36. The van der Waals surface area contributed by atoms with Crippen molar-refractivity contribution in [2.45, 2.75) is 303 Å². The van der Waals surface area contributed by atoms with Crippen molar-refractivity contribution in [3.05, 3.63) is 119 Å². The first-order chi connectivity index (χ1) is 67.7. The van der Waals surface area contributed by atoms with E-state index in [9.17, 15) is 134 Å². The van der Waals surface area contributed by atoms with Gasteiger partial charge in [-0.15, -0.1) is 6.58 Å². The number of hydrazone groups is 1. The van der Waals surface area contributed by atoms with Crippen LogP contribution < -0.4 is 35.8 Å². The van der Waals surface area contributed by atoms with E-state index >= 15 is 0 Å². The van der Waals surface area contributed by atoms with E-state index in [4.69, 9.17) is 85.4 Å². The highest BCUT2D eigenvalue weighted by atomic mass is 32.2. The van der Waals surface area contributed by atoms with Gasteiger partial charge < -0.3 is 193 Å². The van der Waals surface area contributed by atoms with Crippen molar-refractivity contribution < 1.29 is 220 Å². The Balaban J connectivity index is 0.707. The number of hydrogen-bond donors (Lipinski definition) is 25. The van der Waals surface area contributed by atoms with Gasteiger partial charge in [-0.2, -0.15) is 13.5 Å². The molecule has 21 aliphatic heterocycles. The first-order valence-electron chi connectivity index (χ1n) is 46.1. The van der Waals surface area contributed by atoms with E-state index in [1.807, 2.05) is 18.2 Å². The van der Waals surface area contributed by atoms with E-state index in [1.165, 1.54) is 30.3 Å². The number of nitrogens with one attached hydrogen (secondary N) is 4. The SMILES string of the molecule is C=CCc1c(OCCCCCOc2cccc(OCCCC(=O)NCCCCC(NC(=O)c3ccc(N/N=C/c4ccccc4S(=O)(=O)O)nc3)C(=O)NO[C@@H]3[C@@H](O)[C@H]4O[C@H]5[C@H](O)[C@@H](O)[C@@H](O[C@H]6[C@H](O)[C@@H](O)[C@@H](O[C@H]7[C@H](O)[C@@H](O)[C@@H](O[C@H]8[C@H](O)[C@@H](O)[C@@H](O[C@H]9[C@H](O)[C@@H](O)[C@@H](O[C@H]%10[C@H](O)[C@@H](O)[C@@H](O[C@@H]3[C@@H](CO)O4)O[C@@H]%10CO)O[C@@H]9CO)O[C@@H]8CO)O[C@@H]7CO)O[C@@H]6CO)O[C@@H]5CO)c2)ccc2c1CCCC2=O. The zero-order valence-electron chi connectivity index (χ0n) is 75.9. The zero-order chi connectivity index (χ0) is 101. The lowest BCUT2D eigenvalue weighted by atomic mass is 9.86. The normalized spacial score (nSPS) is 36.1. The molecule has 22 heterocycles. The van der Waals surface area contributed by atoms with Crippen LogP contribution in [0.4, 0.5) is 5.82 Å². The number of Topliss-reactive ketones (excluding diaryl/α,β-unsaturated/α-hetero) is 1. The number of ether oxygens (including phenoxy) is 17. The van der Waals surface area contributed by atoms with Gasteiger partial charge in [-0.1, -0.05) is 30.3 Å². The maximum atomic E-state index is 15.0. The summed E-state index contributed by atoms with van der Waals surface area (Å²) in [6.07, 6.45) is -66.4. The third-order valence-corrected chi connectivity index (χ3v) is 26.3. The Morgan fingerprint density at radius 1 is 0.482 bits per heavy atom. The molecular formula is C89H124N6O45S. The quantitative estimate of drug-likeness (QED) is 0.00661. The highest BCUT2D eigenvalue weighted by Gasteiger charge is 2.61. The molecule has 21 fully saturated rings. The number of aromatic nitrogens is 1. The number of carbonyl (C=O) groups is 4. The Morgan fingerprint density at radius 3 is 1.35 bits per heavy atom. The lowest BCUT2D eigenvalue weighted by Gasteiger charge is -2.50. The number of nitrogens with zero attached hydrogens (tertiary/aromatic N) is 2. The minimum absolute atomic E-state index is 0.00862. The van der Waals surface area contributed by atoms with E-state index in [1.54, 1.807) is 24.3 Å². The van der Waals surface area contributed by atoms with Crippen LogP contribution in [0.5, 0.6) is 17.2 Å². The predicted octanol–water partition coefficient (Wildman–Crippen LogP) is -8.27. The van der Waals surface area contributed by atoms with Crippen molar-refractivity contribution >= 4 is 45.7 Å². The van der Waals surface area contributed by atoms with Crippen LogP contribution in [0.15, 0.2) is 102 Å². The molecule has 25 N–H and O–H groups in total. The zero-order valence-corrected chi connectivity index (χ0v) is 76.7. The summed E-state index contributed by atoms with van der Waals surface area (Å²) in [6, 6.07) is 16.9. The first-order valence-corrected chi connectivity index (χ1v) is 47.6.